The van der Waals surface area contributed by atoms with Crippen molar-refractivity contribution in [1.29, 1.82) is 0 Å². The van der Waals surface area contributed by atoms with Crippen LogP contribution in [-0.2, 0) is 9.59 Å². The van der Waals surface area contributed by atoms with Crippen molar-refractivity contribution < 1.29 is 24.3 Å². The molecule has 1 atom stereocenters. The number of carboxylic acids is 1. The van der Waals surface area contributed by atoms with Gasteiger partial charge in [0, 0.05) is 19.6 Å². The van der Waals surface area contributed by atoms with Crippen LogP contribution in [0.25, 0.3) is 0 Å². The highest BCUT2D eigenvalue weighted by Gasteiger charge is 2.34. The smallest absolute Gasteiger partial charge is 0.328 e. The number of nitrogens with zero attached hydrogens (tertiary/aromatic N) is 1. The van der Waals surface area contributed by atoms with Crippen LogP contribution in [-0.4, -0.2) is 66.2 Å². The van der Waals surface area contributed by atoms with Crippen LogP contribution in [0.5, 0.6) is 0 Å². The summed E-state index contributed by atoms with van der Waals surface area (Å²) in [4.78, 5) is 45.2. The number of carbonyl (C=O) groups is 4. The van der Waals surface area contributed by atoms with E-state index in [1.54, 1.807) is 0 Å². The second-order valence-electron chi connectivity index (χ2n) is 3.81. The molecule has 5 amide bonds. The van der Waals surface area contributed by atoms with Crippen LogP contribution in [0.4, 0.5) is 9.59 Å². The quantitative estimate of drug-likeness (QED) is 0.351. The molecule has 0 aromatic rings. The summed E-state index contributed by atoms with van der Waals surface area (Å²) in [6.07, 6.45) is 0. The Morgan fingerprint density at radius 2 is 2.00 bits per heavy atom. The predicted molar refractivity (Wildman–Crippen MR) is 62.1 cm³/mol. The van der Waals surface area contributed by atoms with E-state index in [0.717, 1.165) is 4.90 Å². The van der Waals surface area contributed by atoms with Gasteiger partial charge in [-0.3, -0.25) is 9.69 Å². The number of urea groups is 2. The summed E-state index contributed by atoms with van der Waals surface area (Å²) in [7, 11) is 0. The van der Waals surface area contributed by atoms with E-state index in [1.165, 1.54) is 0 Å². The van der Waals surface area contributed by atoms with Crippen LogP contribution in [0, 0.1) is 0 Å². The van der Waals surface area contributed by atoms with Crippen LogP contribution in [0.15, 0.2) is 0 Å². The zero-order valence-corrected chi connectivity index (χ0v) is 10.0. The van der Waals surface area contributed by atoms with Gasteiger partial charge < -0.3 is 26.8 Å². The molecular formula is C9H15N5O5. The number of aliphatic carboxylic acids is 1. The van der Waals surface area contributed by atoms with Gasteiger partial charge in [0.2, 0.25) is 5.91 Å². The fourth-order valence-electron chi connectivity index (χ4n) is 1.53. The fourth-order valence-corrected chi connectivity index (χ4v) is 1.53. The number of hydrogen-bond donors (Lipinski definition) is 5. The third-order valence-electron chi connectivity index (χ3n) is 2.43. The highest BCUT2D eigenvalue weighted by Crippen LogP contribution is 2.04. The lowest BCUT2D eigenvalue weighted by atomic mass is 10.2. The summed E-state index contributed by atoms with van der Waals surface area (Å²) >= 11 is 0. The molecule has 0 spiro atoms. The number of hydrogen-bond acceptors (Lipinski definition) is 4. The Bertz CT molecular complexity index is 398. The topological polar surface area (TPSA) is 154 Å². The van der Waals surface area contributed by atoms with Gasteiger partial charge in [0.1, 0.15) is 12.6 Å². The van der Waals surface area contributed by atoms with E-state index in [0.29, 0.717) is 0 Å². The first-order valence-electron chi connectivity index (χ1n) is 5.49. The molecule has 0 aliphatic carbocycles. The Morgan fingerprint density at radius 3 is 2.58 bits per heavy atom. The zero-order valence-electron chi connectivity index (χ0n) is 10.0. The standard InChI is InChI=1S/C9H15N5O5/c10-8(18)11-1-2-12-9(19)14-4-6(15)13-3-5(14)7(16)17/h5H,1-4H2,(H,12,19)(H,13,15)(H,16,17)(H3,10,11,18). The van der Waals surface area contributed by atoms with E-state index in [2.05, 4.69) is 16.0 Å². The lowest BCUT2D eigenvalue weighted by Crippen LogP contribution is -2.61. The van der Waals surface area contributed by atoms with E-state index in [9.17, 15) is 19.2 Å². The Balaban J connectivity index is 2.49. The molecule has 0 bridgehead atoms. The van der Waals surface area contributed by atoms with E-state index in [4.69, 9.17) is 10.8 Å². The van der Waals surface area contributed by atoms with Gasteiger partial charge in [0.25, 0.3) is 0 Å². The number of amides is 5. The van der Waals surface area contributed by atoms with Gasteiger partial charge in [-0.1, -0.05) is 0 Å². The van der Waals surface area contributed by atoms with E-state index >= 15 is 0 Å². The summed E-state index contributed by atoms with van der Waals surface area (Å²) < 4.78 is 0. The molecule has 1 aliphatic heterocycles. The molecule has 1 aliphatic rings. The third-order valence-corrected chi connectivity index (χ3v) is 2.43. The van der Waals surface area contributed by atoms with Crippen LogP contribution in [0.1, 0.15) is 0 Å². The molecule has 19 heavy (non-hydrogen) atoms. The minimum atomic E-state index is -1.20. The number of nitrogens with one attached hydrogen (secondary N) is 3. The number of rotatable bonds is 4. The van der Waals surface area contributed by atoms with E-state index < -0.39 is 30.0 Å². The van der Waals surface area contributed by atoms with Crippen molar-refractivity contribution in [1.82, 2.24) is 20.9 Å². The number of piperazine rings is 1. The summed E-state index contributed by atoms with van der Waals surface area (Å²) in [5.41, 5.74) is 4.83. The SMILES string of the molecule is NC(=O)NCCNC(=O)N1CC(=O)NCC1C(=O)O. The van der Waals surface area contributed by atoms with Crippen LogP contribution < -0.4 is 21.7 Å². The Labute approximate surface area is 108 Å². The molecule has 0 aromatic heterocycles. The molecule has 10 nitrogen and oxygen atoms in total. The van der Waals surface area contributed by atoms with Gasteiger partial charge in [0.15, 0.2) is 0 Å². The van der Waals surface area contributed by atoms with E-state index in [1.807, 2.05) is 0 Å². The zero-order chi connectivity index (χ0) is 14.4. The second kappa shape index (κ2) is 6.42. The summed E-state index contributed by atoms with van der Waals surface area (Å²) in [6, 6.07) is -2.52. The van der Waals surface area contributed by atoms with Gasteiger partial charge in [-0.25, -0.2) is 14.4 Å². The molecule has 1 saturated heterocycles. The monoisotopic (exact) mass is 273 g/mol. The molecule has 0 saturated carbocycles. The maximum Gasteiger partial charge on any atom is 0.328 e. The van der Waals surface area contributed by atoms with Crippen molar-refractivity contribution in [3.05, 3.63) is 0 Å². The molecule has 6 N–H and O–H groups in total. The highest BCUT2D eigenvalue weighted by molar-refractivity contribution is 5.90. The molecule has 10 heteroatoms. The maximum absolute atomic E-state index is 11.7. The fraction of sp³-hybridized carbons (Fsp3) is 0.556. The Kier molecular flexibility index (Phi) is 4.92. The average molecular weight is 273 g/mol. The second-order valence-corrected chi connectivity index (χ2v) is 3.81. The molecule has 1 unspecified atom stereocenters. The number of nitrogens with two attached hydrogens (primary N) is 1. The van der Waals surface area contributed by atoms with E-state index in [-0.39, 0.29) is 26.2 Å². The van der Waals surface area contributed by atoms with Gasteiger partial charge in [0.05, 0.1) is 0 Å². The highest BCUT2D eigenvalue weighted by atomic mass is 16.4. The summed E-state index contributed by atoms with van der Waals surface area (Å²) in [5, 5.41) is 16.0. The number of primary amides is 1. The van der Waals surface area contributed by atoms with Crippen LogP contribution in [0.2, 0.25) is 0 Å². The normalized spacial score (nSPS) is 18.4. The molecule has 0 aromatic carbocycles. The summed E-state index contributed by atoms with van der Waals surface area (Å²) in [5.74, 6) is -1.63. The van der Waals surface area contributed by atoms with Crippen molar-refractivity contribution in [2.45, 2.75) is 6.04 Å². The first-order valence-corrected chi connectivity index (χ1v) is 5.49. The van der Waals surface area contributed by atoms with Gasteiger partial charge >= 0.3 is 18.0 Å². The van der Waals surface area contributed by atoms with Crippen molar-refractivity contribution >= 4 is 23.9 Å². The lowest BCUT2D eigenvalue weighted by Gasteiger charge is -2.32. The minimum absolute atomic E-state index is 0.0756. The Morgan fingerprint density at radius 1 is 1.37 bits per heavy atom. The molecule has 106 valence electrons. The van der Waals surface area contributed by atoms with Crippen molar-refractivity contribution in [2.75, 3.05) is 26.2 Å². The predicted octanol–water partition coefficient (Wildman–Crippen LogP) is -2.75. The number of carbonyl (C=O) groups excluding carboxylic acids is 3. The van der Waals surface area contributed by atoms with Gasteiger partial charge in [-0.05, 0) is 0 Å². The molecule has 1 fully saturated rings. The molecule has 1 heterocycles. The number of carboxylic acid groups (broad SMARTS) is 1. The van der Waals surface area contributed by atoms with Crippen LogP contribution in [0.3, 0.4) is 0 Å². The molecular weight excluding hydrogens is 258 g/mol. The molecule has 1 rings (SSSR count). The maximum atomic E-state index is 11.7. The summed E-state index contributed by atoms with van der Waals surface area (Å²) in [6.45, 7) is -0.280. The third kappa shape index (κ3) is 4.33. The Hall–Kier alpha value is -2.52. The molecule has 0 radical (unpaired) electrons. The lowest BCUT2D eigenvalue weighted by molar-refractivity contribution is -0.144. The van der Waals surface area contributed by atoms with Gasteiger partial charge in [-0.15, -0.1) is 0 Å². The minimum Gasteiger partial charge on any atom is -0.480 e. The first-order chi connectivity index (χ1) is 8.91. The largest absolute Gasteiger partial charge is 0.480 e. The van der Waals surface area contributed by atoms with Crippen molar-refractivity contribution in [3.63, 3.8) is 0 Å². The van der Waals surface area contributed by atoms with Crippen molar-refractivity contribution in [2.24, 2.45) is 5.73 Å². The van der Waals surface area contributed by atoms with Crippen LogP contribution >= 0.6 is 0 Å². The van der Waals surface area contributed by atoms with Crippen molar-refractivity contribution in [3.8, 4) is 0 Å². The first kappa shape index (κ1) is 14.5. The average Bonchev–Trinajstić information content (AvgIpc) is 2.33. The van der Waals surface area contributed by atoms with Gasteiger partial charge in [-0.2, -0.15) is 0 Å².